The van der Waals surface area contributed by atoms with Crippen LogP contribution in [0.4, 0.5) is 5.69 Å². The third kappa shape index (κ3) is 2.36. The molecule has 0 aromatic heterocycles. The Morgan fingerprint density at radius 2 is 2.05 bits per heavy atom. The van der Waals surface area contributed by atoms with Crippen LogP contribution in [0, 0.1) is 5.92 Å². The first-order valence-corrected chi connectivity index (χ1v) is 8.12. The van der Waals surface area contributed by atoms with Gasteiger partial charge in [0.2, 0.25) is 5.91 Å². The molecule has 1 saturated carbocycles. The number of amides is 2. The Morgan fingerprint density at radius 1 is 1.38 bits per heavy atom. The Balaban J connectivity index is 2.03. The van der Waals surface area contributed by atoms with Crippen LogP contribution in [-0.4, -0.2) is 23.4 Å². The molecule has 1 heterocycles. The summed E-state index contributed by atoms with van der Waals surface area (Å²) in [4.78, 5) is 26.8. The molecule has 112 valence electrons. The Morgan fingerprint density at radius 3 is 2.62 bits per heavy atom. The number of carbonyl (C=O) groups is 2. The monoisotopic (exact) mass is 370 g/mol. The largest absolute Gasteiger partial charge is 0.340 e. The summed E-state index contributed by atoms with van der Waals surface area (Å²) in [7, 11) is 0. The topological polar surface area (TPSA) is 49.4 Å². The fraction of sp³-hybridized carbons (Fsp3) is 0.467. The zero-order valence-corrected chi connectivity index (χ0v) is 14.2. The number of rotatable bonds is 2. The maximum atomic E-state index is 12.9. The highest BCUT2D eigenvalue weighted by Gasteiger charge is 2.54. The molecule has 1 aliphatic carbocycles. The Kier molecular flexibility index (Phi) is 3.53. The molecule has 6 heteroatoms. The summed E-state index contributed by atoms with van der Waals surface area (Å²) in [5, 5.41) is 3.43. The number of hydrogen-bond acceptors (Lipinski definition) is 2. The van der Waals surface area contributed by atoms with Crippen molar-refractivity contribution in [3.63, 3.8) is 0 Å². The van der Waals surface area contributed by atoms with E-state index in [0.717, 1.165) is 17.3 Å². The summed E-state index contributed by atoms with van der Waals surface area (Å²) in [6.45, 7) is 3.56. The highest BCUT2D eigenvalue weighted by atomic mass is 79.9. The third-order valence-electron chi connectivity index (χ3n) is 4.39. The van der Waals surface area contributed by atoms with Gasteiger partial charge in [-0.2, -0.15) is 0 Å². The smallest absolute Gasteiger partial charge is 0.253 e. The van der Waals surface area contributed by atoms with Crippen LogP contribution in [0.15, 0.2) is 22.7 Å². The molecule has 4 nitrogen and oxygen atoms in total. The van der Waals surface area contributed by atoms with Crippen molar-refractivity contribution < 1.29 is 9.59 Å². The molecule has 1 saturated heterocycles. The van der Waals surface area contributed by atoms with E-state index in [4.69, 9.17) is 11.6 Å². The normalized spacial score (nSPS) is 29.5. The summed E-state index contributed by atoms with van der Waals surface area (Å²) in [6, 6.07) is 4.77. The van der Waals surface area contributed by atoms with Crippen LogP contribution >= 0.6 is 27.5 Å². The Bertz CT molecular complexity index is 632. The van der Waals surface area contributed by atoms with E-state index < -0.39 is 11.6 Å². The van der Waals surface area contributed by atoms with Crippen LogP contribution in [0.2, 0.25) is 5.02 Å². The molecular formula is C15H16BrClN2O2. The lowest BCUT2D eigenvalue weighted by Gasteiger charge is -2.43. The van der Waals surface area contributed by atoms with Crippen molar-refractivity contribution in [3.05, 3.63) is 27.7 Å². The van der Waals surface area contributed by atoms with Crippen molar-refractivity contribution in [1.29, 1.82) is 0 Å². The molecule has 2 aliphatic rings. The van der Waals surface area contributed by atoms with Crippen molar-refractivity contribution in [2.45, 2.75) is 38.3 Å². The van der Waals surface area contributed by atoms with Crippen molar-refractivity contribution in [2.24, 2.45) is 5.92 Å². The molecule has 0 spiro atoms. The van der Waals surface area contributed by atoms with E-state index in [1.54, 1.807) is 30.0 Å². The molecule has 3 rings (SSSR count). The van der Waals surface area contributed by atoms with Gasteiger partial charge in [-0.3, -0.25) is 14.5 Å². The van der Waals surface area contributed by atoms with Gasteiger partial charge in [0.25, 0.3) is 5.91 Å². The van der Waals surface area contributed by atoms with Gasteiger partial charge in [-0.15, -0.1) is 0 Å². The Labute approximate surface area is 137 Å². The zero-order valence-electron chi connectivity index (χ0n) is 11.8. The maximum Gasteiger partial charge on any atom is 0.253 e. The second-order valence-corrected chi connectivity index (χ2v) is 7.18. The van der Waals surface area contributed by atoms with Crippen molar-refractivity contribution in [2.75, 3.05) is 4.90 Å². The number of anilines is 1. The molecule has 2 fully saturated rings. The quantitative estimate of drug-likeness (QED) is 0.868. The standard InChI is InChI=1S/C15H16BrClN2O2/c1-8-13(20)18-15(2,9-3-4-9)14(21)19(8)10-5-6-11(16)12(17)7-10/h5-9H,3-4H2,1-2H3,(H,18,20). The zero-order chi connectivity index (χ0) is 15.4. The van der Waals surface area contributed by atoms with Crippen LogP contribution in [-0.2, 0) is 9.59 Å². The highest BCUT2D eigenvalue weighted by molar-refractivity contribution is 9.10. The first-order chi connectivity index (χ1) is 9.84. The number of halogens is 2. The van der Waals surface area contributed by atoms with Gasteiger partial charge in [-0.1, -0.05) is 11.6 Å². The van der Waals surface area contributed by atoms with Gasteiger partial charge < -0.3 is 5.32 Å². The summed E-state index contributed by atoms with van der Waals surface area (Å²) in [5.41, 5.74) is -0.147. The van der Waals surface area contributed by atoms with Crippen molar-refractivity contribution >= 4 is 45.0 Å². The average molecular weight is 372 g/mol. The number of hydrogen-bond donors (Lipinski definition) is 1. The molecule has 1 aromatic carbocycles. The molecule has 1 aromatic rings. The van der Waals surface area contributed by atoms with E-state index in [9.17, 15) is 9.59 Å². The lowest BCUT2D eigenvalue weighted by Crippen LogP contribution is -2.69. The molecule has 2 amide bonds. The second kappa shape index (κ2) is 4.99. The summed E-state index contributed by atoms with van der Waals surface area (Å²) in [6.07, 6.45) is 1.96. The second-order valence-electron chi connectivity index (χ2n) is 5.92. The minimum Gasteiger partial charge on any atom is -0.340 e. The molecule has 0 radical (unpaired) electrons. The van der Waals surface area contributed by atoms with Crippen molar-refractivity contribution in [1.82, 2.24) is 5.32 Å². The lowest BCUT2D eigenvalue weighted by atomic mass is 9.89. The molecule has 2 unspecified atom stereocenters. The number of carbonyl (C=O) groups excluding carboxylic acids is 2. The summed E-state index contributed by atoms with van der Waals surface area (Å²) < 4.78 is 0.763. The van der Waals surface area contributed by atoms with Gasteiger partial charge in [-0.25, -0.2) is 0 Å². The number of nitrogens with one attached hydrogen (secondary N) is 1. The van der Waals surface area contributed by atoms with Crippen molar-refractivity contribution in [3.8, 4) is 0 Å². The van der Waals surface area contributed by atoms with Crippen LogP contribution in [0.25, 0.3) is 0 Å². The van der Waals surface area contributed by atoms with Gasteiger partial charge in [0, 0.05) is 10.2 Å². The molecule has 21 heavy (non-hydrogen) atoms. The van der Waals surface area contributed by atoms with Gasteiger partial charge in [-0.05, 0) is 66.7 Å². The maximum absolute atomic E-state index is 12.9. The number of nitrogens with zero attached hydrogens (tertiary/aromatic N) is 1. The van der Waals surface area contributed by atoms with E-state index in [1.807, 2.05) is 6.92 Å². The van der Waals surface area contributed by atoms with E-state index in [1.165, 1.54) is 0 Å². The first-order valence-electron chi connectivity index (χ1n) is 6.95. The van der Waals surface area contributed by atoms with Gasteiger partial charge >= 0.3 is 0 Å². The average Bonchev–Trinajstić information content (AvgIpc) is 3.26. The fourth-order valence-electron chi connectivity index (χ4n) is 2.87. The van der Waals surface area contributed by atoms with Crippen LogP contribution < -0.4 is 10.2 Å². The van der Waals surface area contributed by atoms with E-state index in [2.05, 4.69) is 21.2 Å². The van der Waals surface area contributed by atoms with Crippen LogP contribution in [0.3, 0.4) is 0 Å². The summed E-state index contributed by atoms with van der Waals surface area (Å²) in [5.74, 6) is 0.0494. The first kappa shape index (κ1) is 14.9. The van der Waals surface area contributed by atoms with E-state index in [0.29, 0.717) is 10.7 Å². The Hall–Kier alpha value is -1.07. The molecule has 2 atom stereocenters. The lowest BCUT2D eigenvalue weighted by molar-refractivity contribution is -0.138. The van der Waals surface area contributed by atoms with Crippen LogP contribution in [0.5, 0.6) is 0 Å². The third-order valence-corrected chi connectivity index (χ3v) is 5.62. The van der Waals surface area contributed by atoms with Gasteiger partial charge in [0.1, 0.15) is 11.6 Å². The van der Waals surface area contributed by atoms with E-state index in [-0.39, 0.29) is 17.7 Å². The van der Waals surface area contributed by atoms with Gasteiger partial charge in [0.15, 0.2) is 0 Å². The highest BCUT2D eigenvalue weighted by Crippen LogP contribution is 2.43. The van der Waals surface area contributed by atoms with Crippen LogP contribution in [0.1, 0.15) is 26.7 Å². The predicted octanol–water partition coefficient (Wildman–Crippen LogP) is 3.12. The molecule has 1 aliphatic heterocycles. The van der Waals surface area contributed by atoms with Gasteiger partial charge in [0.05, 0.1) is 5.02 Å². The summed E-state index contributed by atoms with van der Waals surface area (Å²) >= 11 is 9.46. The number of benzene rings is 1. The minimum absolute atomic E-state index is 0.0597. The molecule has 0 bridgehead atoms. The molecular weight excluding hydrogens is 356 g/mol. The van der Waals surface area contributed by atoms with E-state index >= 15 is 0 Å². The molecule has 1 N–H and O–H groups in total. The predicted molar refractivity (Wildman–Crippen MR) is 85.4 cm³/mol. The fourth-order valence-corrected chi connectivity index (χ4v) is 3.29. The minimum atomic E-state index is -0.802. The number of piperazine rings is 1. The SMILES string of the molecule is CC1C(=O)NC(C)(C2CC2)C(=O)N1c1ccc(Br)c(Cl)c1.